The highest BCUT2D eigenvalue weighted by molar-refractivity contribution is 9.10. The highest BCUT2D eigenvalue weighted by Crippen LogP contribution is 2.31. The van der Waals surface area contributed by atoms with Gasteiger partial charge in [0.2, 0.25) is 0 Å². The predicted molar refractivity (Wildman–Crippen MR) is 75.2 cm³/mol. The zero-order chi connectivity index (χ0) is 15.6. The fraction of sp³-hybridized carbons (Fsp3) is 0.0714. The molecule has 0 heterocycles. The molecule has 0 bridgehead atoms. The van der Waals surface area contributed by atoms with Crippen LogP contribution in [0.2, 0.25) is 0 Å². The Morgan fingerprint density at radius 2 is 1.86 bits per heavy atom. The molecule has 0 saturated carbocycles. The van der Waals surface area contributed by atoms with E-state index < -0.39 is 17.6 Å². The van der Waals surface area contributed by atoms with Crippen LogP contribution in [0.15, 0.2) is 46.9 Å². The number of hydrogen-bond donors (Lipinski definition) is 2. The summed E-state index contributed by atoms with van der Waals surface area (Å²) < 4.78 is 38.3. The Labute approximate surface area is 126 Å². The molecule has 0 aromatic heterocycles. The lowest BCUT2D eigenvalue weighted by Gasteiger charge is -2.10. The van der Waals surface area contributed by atoms with Crippen LogP contribution in [0, 0.1) is 0 Å². The van der Waals surface area contributed by atoms with Crippen molar-refractivity contribution < 1.29 is 23.1 Å². The van der Waals surface area contributed by atoms with Crippen molar-refractivity contribution >= 4 is 27.5 Å². The molecule has 110 valence electrons. The molecule has 0 atom stereocenters. The molecule has 2 N–H and O–H groups in total. The van der Waals surface area contributed by atoms with Crippen LogP contribution in [0.5, 0.6) is 5.75 Å². The summed E-state index contributed by atoms with van der Waals surface area (Å²) in [5, 5.41) is 11.9. The monoisotopic (exact) mass is 359 g/mol. The van der Waals surface area contributed by atoms with Gasteiger partial charge in [0, 0.05) is 10.2 Å². The Balaban J connectivity index is 2.26. The highest BCUT2D eigenvalue weighted by Gasteiger charge is 2.30. The first kappa shape index (κ1) is 15.4. The van der Waals surface area contributed by atoms with Crippen LogP contribution in [0.1, 0.15) is 15.9 Å². The lowest BCUT2D eigenvalue weighted by Crippen LogP contribution is -2.13. The summed E-state index contributed by atoms with van der Waals surface area (Å²) in [7, 11) is 0. The third kappa shape index (κ3) is 3.75. The normalized spacial score (nSPS) is 11.2. The van der Waals surface area contributed by atoms with Crippen LogP contribution in [-0.4, -0.2) is 11.0 Å². The maximum Gasteiger partial charge on any atom is 0.416 e. The van der Waals surface area contributed by atoms with Crippen LogP contribution in [0.25, 0.3) is 0 Å². The summed E-state index contributed by atoms with van der Waals surface area (Å²) in [6.45, 7) is 0. The van der Waals surface area contributed by atoms with Crippen LogP contribution >= 0.6 is 15.9 Å². The zero-order valence-electron chi connectivity index (χ0n) is 10.4. The maximum atomic E-state index is 12.6. The largest absolute Gasteiger partial charge is 0.507 e. The molecular weight excluding hydrogens is 351 g/mol. The molecule has 0 fully saturated rings. The van der Waals surface area contributed by atoms with E-state index in [9.17, 15) is 23.1 Å². The topological polar surface area (TPSA) is 49.3 Å². The van der Waals surface area contributed by atoms with Crippen molar-refractivity contribution in [3.05, 3.63) is 58.1 Å². The molecule has 21 heavy (non-hydrogen) atoms. The number of alkyl halides is 3. The van der Waals surface area contributed by atoms with Crippen molar-refractivity contribution in [1.82, 2.24) is 0 Å². The minimum atomic E-state index is -4.49. The van der Waals surface area contributed by atoms with Crippen molar-refractivity contribution in [3.63, 3.8) is 0 Å². The lowest BCUT2D eigenvalue weighted by atomic mass is 10.1. The van der Waals surface area contributed by atoms with E-state index in [2.05, 4.69) is 21.2 Å². The SMILES string of the molecule is O=C(Nc1cccc(C(F)(F)F)c1)c1cc(Br)ccc1O. The van der Waals surface area contributed by atoms with Gasteiger partial charge in [-0.3, -0.25) is 4.79 Å². The molecule has 2 aromatic carbocycles. The third-order valence-electron chi connectivity index (χ3n) is 2.65. The van der Waals surface area contributed by atoms with Crippen molar-refractivity contribution in [1.29, 1.82) is 0 Å². The van der Waals surface area contributed by atoms with Gasteiger partial charge in [-0.05, 0) is 36.4 Å². The number of amides is 1. The number of carbonyl (C=O) groups is 1. The molecule has 2 rings (SSSR count). The van der Waals surface area contributed by atoms with Crippen LogP contribution in [0.4, 0.5) is 18.9 Å². The molecule has 2 aromatic rings. The van der Waals surface area contributed by atoms with Gasteiger partial charge >= 0.3 is 6.18 Å². The average Bonchev–Trinajstić information content (AvgIpc) is 2.41. The Bertz CT molecular complexity index is 686. The number of anilines is 1. The molecule has 3 nitrogen and oxygen atoms in total. The quantitative estimate of drug-likeness (QED) is 0.833. The molecule has 1 amide bonds. The van der Waals surface area contributed by atoms with Crippen LogP contribution < -0.4 is 5.32 Å². The summed E-state index contributed by atoms with van der Waals surface area (Å²) in [6.07, 6.45) is -4.49. The number of carbonyl (C=O) groups excluding carboxylic acids is 1. The van der Waals surface area contributed by atoms with E-state index in [1.165, 1.54) is 30.3 Å². The Kier molecular flexibility index (Phi) is 4.22. The van der Waals surface area contributed by atoms with Gasteiger partial charge in [0.1, 0.15) is 5.75 Å². The minimum absolute atomic E-state index is 0.00537. The van der Waals surface area contributed by atoms with Crippen molar-refractivity contribution in [2.75, 3.05) is 5.32 Å². The molecule has 0 unspecified atom stereocenters. The molecule has 0 saturated heterocycles. The first-order chi connectivity index (χ1) is 9.77. The van der Waals surface area contributed by atoms with E-state index in [-0.39, 0.29) is 17.0 Å². The molecule has 0 radical (unpaired) electrons. The second kappa shape index (κ2) is 5.77. The van der Waals surface area contributed by atoms with Crippen LogP contribution in [-0.2, 0) is 6.18 Å². The van der Waals surface area contributed by atoms with Gasteiger partial charge in [-0.1, -0.05) is 22.0 Å². The number of aromatic hydroxyl groups is 1. The number of hydrogen-bond acceptors (Lipinski definition) is 2. The van der Waals surface area contributed by atoms with Crippen molar-refractivity contribution in [2.24, 2.45) is 0 Å². The molecule has 0 aliphatic heterocycles. The Morgan fingerprint density at radius 3 is 2.52 bits per heavy atom. The van der Waals surface area contributed by atoms with Gasteiger partial charge in [-0.25, -0.2) is 0 Å². The molecule has 7 heteroatoms. The lowest BCUT2D eigenvalue weighted by molar-refractivity contribution is -0.137. The fourth-order valence-corrected chi connectivity index (χ4v) is 2.02. The van der Waals surface area contributed by atoms with Gasteiger partial charge in [0.05, 0.1) is 11.1 Å². The highest BCUT2D eigenvalue weighted by atomic mass is 79.9. The van der Waals surface area contributed by atoms with E-state index in [4.69, 9.17) is 0 Å². The van der Waals surface area contributed by atoms with Crippen molar-refractivity contribution in [2.45, 2.75) is 6.18 Å². The minimum Gasteiger partial charge on any atom is -0.507 e. The molecular formula is C14H9BrF3NO2. The number of rotatable bonds is 2. The van der Waals surface area contributed by atoms with Gasteiger partial charge in [-0.15, -0.1) is 0 Å². The van der Waals surface area contributed by atoms with Gasteiger partial charge < -0.3 is 10.4 Å². The summed E-state index contributed by atoms with van der Waals surface area (Å²) in [6, 6.07) is 8.49. The summed E-state index contributed by atoms with van der Waals surface area (Å²) in [4.78, 5) is 12.0. The Morgan fingerprint density at radius 1 is 1.14 bits per heavy atom. The van der Waals surface area contributed by atoms with Gasteiger partial charge in [-0.2, -0.15) is 13.2 Å². The second-order valence-corrected chi connectivity index (χ2v) is 5.11. The first-order valence-corrected chi connectivity index (χ1v) is 6.54. The van der Waals surface area contributed by atoms with Gasteiger partial charge in [0.15, 0.2) is 0 Å². The first-order valence-electron chi connectivity index (χ1n) is 5.74. The van der Waals surface area contributed by atoms with E-state index >= 15 is 0 Å². The number of halogens is 4. The van der Waals surface area contributed by atoms with Gasteiger partial charge in [0.25, 0.3) is 5.91 Å². The standard InChI is InChI=1S/C14H9BrF3NO2/c15-9-4-5-12(20)11(7-9)13(21)19-10-3-1-2-8(6-10)14(16,17)18/h1-7,20H,(H,19,21). The summed E-state index contributed by atoms with van der Waals surface area (Å²) >= 11 is 3.15. The average molecular weight is 360 g/mol. The number of nitrogens with one attached hydrogen (secondary N) is 1. The number of phenolic OH excluding ortho intramolecular Hbond substituents is 1. The fourth-order valence-electron chi connectivity index (χ4n) is 1.66. The number of phenols is 1. The van der Waals surface area contributed by atoms with E-state index in [0.717, 1.165) is 12.1 Å². The third-order valence-corrected chi connectivity index (χ3v) is 3.14. The molecule has 0 spiro atoms. The maximum absolute atomic E-state index is 12.6. The zero-order valence-corrected chi connectivity index (χ0v) is 12.0. The van der Waals surface area contributed by atoms with Crippen molar-refractivity contribution in [3.8, 4) is 5.75 Å². The number of benzene rings is 2. The van der Waals surface area contributed by atoms with E-state index in [0.29, 0.717) is 4.47 Å². The van der Waals surface area contributed by atoms with Crippen LogP contribution in [0.3, 0.4) is 0 Å². The van der Waals surface area contributed by atoms with E-state index in [1.807, 2.05) is 0 Å². The second-order valence-electron chi connectivity index (χ2n) is 4.19. The summed E-state index contributed by atoms with van der Waals surface area (Å²) in [5.41, 5.74) is -0.908. The smallest absolute Gasteiger partial charge is 0.416 e. The molecule has 0 aliphatic rings. The summed E-state index contributed by atoms with van der Waals surface area (Å²) in [5.74, 6) is -0.962. The molecule has 0 aliphatic carbocycles. The van der Waals surface area contributed by atoms with E-state index in [1.54, 1.807) is 0 Å². The Hall–Kier alpha value is -2.02. The predicted octanol–water partition coefficient (Wildman–Crippen LogP) is 4.43.